The molecule has 1 aromatic heterocycles. The summed E-state index contributed by atoms with van der Waals surface area (Å²) in [5.74, 6) is 3.34. The van der Waals surface area contributed by atoms with Crippen LogP contribution in [0.5, 0.6) is 0 Å². The summed E-state index contributed by atoms with van der Waals surface area (Å²) in [4.78, 5) is 21.6. The lowest BCUT2D eigenvalue weighted by Crippen LogP contribution is -2.51. The molecule has 142 valence electrons. The van der Waals surface area contributed by atoms with Gasteiger partial charge in [0.2, 0.25) is 5.91 Å². The SMILES string of the molecule is O=C(Nc1ccccc1-c1nc2ccccc2[nH]1)C12CC3CC(CC(C3)C1)C2. The van der Waals surface area contributed by atoms with Crippen molar-refractivity contribution in [3.8, 4) is 11.4 Å². The number of nitrogens with zero attached hydrogens (tertiary/aromatic N) is 1. The number of aromatic nitrogens is 2. The predicted octanol–water partition coefficient (Wildman–Crippen LogP) is 5.38. The average Bonchev–Trinajstić information content (AvgIpc) is 3.11. The summed E-state index contributed by atoms with van der Waals surface area (Å²) in [6.07, 6.45) is 7.29. The van der Waals surface area contributed by atoms with Gasteiger partial charge in [0.25, 0.3) is 0 Å². The number of amides is 1. The van der Waals surface area contributed by atoms with Gasteiger partial charge < -0.3 is 10.3 Å². The number of nitrogens with one attached hydrogen (secondary N) is 2. The second kappa shape index (κ2) is 5.94. The van der Waals surface area contributed by atoms with Crippen LogP contribution in [0.25, 0.3) is 22.4 Å². The van der Waals surface area contributed by atoms with Gasteiger partial charge in [-0.25, -0.2) is 4.98 Å². The molecule has 3 aromatic rings. The van der Waals surface area contributed by atoms with Gasteiger partial charge in [-0.2, -0.15) is 0 Å². The van der Waals surface area contributed by atoms with Crippen molar-refractivity contribution in [2.75, 3.05) is 5.32 Å². The maximum atomic E-state index is 13.5. The van der Waals surface area contributed by atoms with Crippen molar-refractivity contribution in [3.63, 3.8) is 0 Å². The second-order valence-corrected chi connectivity index (χ2v) is 9.30. The van der Waals surface area contributed by atoms with Crippen molar-refractivity contribution in [1.82, 2.24) is 9.97 Å². The molecule has 4 fully saturated rings. The average molecular weight is 371 g/mol. The van der Waals surface area contributed by atoms with Crippen LogP contribution in [0.4, 0.5) is 5.69 Å². The number of imidazole rings is 1. The zero-order chi connectivity index (χ0) is 18.7. The van der Waals surface area contributed by atoms with Gasteiger partial charge in [-0.3, -0.25) is 4.79 Å². The van der Waals surface area contributed by atoms with Crippen LogP contribution < -0.4 is 5.32 Å². The third kappa shape index (κ3) is 2.50. The van der Waals surface area contributed by atoms with Crippen molar-refractivity contribution in [2.45, 2.75) is 38.5 Å². The fraction of sp³-hybridized carbons (Fsp3) is 0.417. The molecule has 2 aromatic carbocycles. The second-order valence-electron chi connectivity index (χ2n) is 9.30. The zero-order valence-corrected chi connectivity index (χ0v) is 15.9. The Morgan fingerprint density at radius 2 is 1.57 bits per heavy atom. The number of hydrogen-bond acceptors (Lipinski definition) is 2. The van der Waals surface area contributed by atoms with Crippen LogP contribution in [0.15, 0.2) is 48.5 Å². The monoisotopic (exact) mass is 371 g/mol. The van der Waals surface area contributed by atoms with E-state index in [1.165, 1.54) is 19.3 Å². The number of carbonyl (C=O) groups is 1. The first-order valence-electron chi connectivity index (χ1n) is 10.5. The number of para-hydroxylation sites is 3. The molecule has 2 N–H and O–H groups in total. The van der Waals surface area contributed by atoms with E-state index in [0.717, 1.165) is 65.1 Å². The van der Waals surface area contributed by atoms with E-state index in [1.807, 2.05) is 48.5 Å². The van der Waals surface area contributed by atoms with Gasteiger partial charge in [0.05, 0.1) is 22.1 Å². The minimum atomic E-state index is -0.143. The molecule has 1 heterocycles. The van der Waals surface area contributed by atoms with Crippen molar-refractivity contribution in [3.05, 3.63) is 48.5 Å². The summed E-state index contributed by atoms with van der Waals surface area (Å²) >= 11 is 0. The fourth-order valence-corrected chi connectivity index (χ4v) is 6.52. The van der Waals surface area contributed by atoms with E-state index in [-0.39, 0.29) is 11.3 Å². The molecule has 4 saturated carbocycles. The third-order valence-corrected chi connectivity index (χ3v) is 7.34. The molecule has 0 aliphatic heterocycles. The highest BCUT2D eigenvalue weighted by molar-refractivity contribution is 5.99. The highest BCUT2D eigenvalue weighted by Gasteiger charge is 2.54. The molecular formula is C24H25N3O. The molecule has 28 heavy (non-hydrogen) atoms. The van der Waals surface area contributed by atoms with Crippen LogP contribution >= 0.6 is 0 Å². The number of benzene rings is 2. The van der Waals surface area contributed by atoms with Crippen molar-refractivity contribution < 1.29 is 4.79 Å². The molecule has 0 radical (unpaired) electrons. The number of rotatable bonds is 3. The molecule has 0 unspecified atom stereocenters. The Morgan fingerprint density at radius 3 is 2.29 bits per heavy atom. The molecule has 4 bridgehead atoms. The van der Waals surface area contributed by atoms with E-state index in [1.54, 1.807) is 0 Å². The summed E-state index contributed by atoms with van der Waals surface area (Å²) in [6, 6.07) is 16.1. The summed E-state index contributed by atoms with van der Waals surface area (Å²) < 4.78 is 0. The summed E-state index contributed by atoms with van der Waals surface area (Å²) in [7, 11) is 0. The molecule has 0 saturated heterocycles. The third-order valence-electron chi connectivity index (χ3n) is 7.34. The van der Waals surface area contributed by atoms with E-state index >= 15 is 0 Å². The van der Waals surface area contributed by atoms with E-state index in [0.29, 0.717) is 0 Å². The van der Waals surface area contributed by atoms with Crippen LogP contribution in [0, 0.1) is 23.2 Å². The van der Waals surface area contributed by atoms with E-state index < -0.39 is 0 Å². The van der Waals surface area contributed by atoms with Gasteiger partial charge in [0.15, 0.2) is 0 Å². The van der Waals surface area contributed by atoms with Gasteiger partial charge in [0.1, 0.15) is 5.82 Å². The quantitative estimate of drug-likeness (QED) is 0.649. The molecule has 7 rings (SSSR count). The van der Waals surface area contributed by atoms with Gasteiger partial charge in [-0.05, 0) is 80.5 Å². The standard InChI is InChI=1S/C24H25N3O/c28-23(24-12-15-9-16(13-24)11-17(10-15)14-24)27-19-6-2-1-5-18(19)22-25-20-7-3-4-8-21(20)26-22/h1-8,15-17H,9-14H2,(H,25,26)(H,27,28). The van der Waals surface area contributed by atoms with Crippen LogP contribution in [0.1, 0.15) is 38.5 Å². The zero-order valence-electron chi connectivity index (χ0n) is 15.9. The Labute approximate surface area is 164 Å². The van der Waals surface area contributed by atoms with Gasteiger partial charge in [0, 0.05) is 5.56 Å². The van der Waals surface area contributed by atoms with E-state index in [9.17, 15) is 4.79 Å². The maximum Gasteiger partial charge on any atom is 0.230 e. The van der Waals surface area contributed by atoms with Crippen molar-refractivity contribution in [2.24, 2.45) is 23.2 Å². The molecule has 4 nitrogen and oxygen atoms in total. The van der Waals surface area contributed by atoms with Gasteiger partial charge in [-0.15, -0.1) is 0 Å². The largest absolute Gasteiger partial charge is 0.338 e. The summed E-state index contributed by atoms with van der Waals surface area (Å²) in [5.41, 5.74) is 3.63. The van der Waals surface area contributed by atoms with Crippen molar-refractivity contribution in [1.29, 1.82) is 0 Å². The maximum absolute atomic E-state index is 13.5. The Hall–Kier alpha value is -2.62. The smallest absolute Gasteiger partial charge is 0.230 e. The van der Waals surface area contributed by atoms with E-state index in [2.05, 4.69) is 10.3 Å². The van der Waals surface area contributed by atoms with Gasteiger partial charge >= 0.3 is 0 Å². The van der Waals surface area contributed by atoms with E-state index in [4.69, 9.17) is 4.98 Å². The molecule has 4 heteroatoms. The Bertz CT molecular complexity index is 998. The Kier molecular flexibility index (Phi) is 3.47. The number of fused-ring (bicyclic) bond motifs is 1. The number of hydrogen-bond donors (Lipinski definition) is 2. The fourth-order valence-electron chi connectivity index (χ4n) is 6.52. The molecule has 0 atom stereocenters. The first-order valence-corrected chi connectivity index (χ1v) is 10.5. The Morgan fingerprint density at radius 1 is 0.929 bits per heavy atom. The summed E-state index contributed by atoms with van der Waals surface area (Å²) in [5, 5.41) is 3.31. The lowest BCUT2D eigenvalue weighted by molar-refractivity contribution is -0.140. The Balaban J connectivity index is 1.33. The number of H-pyrrole nitrogens is 1. The molecule has 1 amide bonds. The van der Waals surface area contributed by atoms with Gasteiger partial charge in [-0.1, -0.05) is 24.3 Å². The van der Waals surface area contributed by atoms with Crippen LogP contribution in [-0.4, -0.2) is 15.9 Å². The van der Waals surface area contributed by atoms with Crippen LogP contribution in [0.2, 0.25) is 0 Å². The number of aromatic amines is 1. The minimum Gasteiger partial charge on any atom is -0.338 e. The van der Waals surface area contributed by atoms with Crippen LogP contribution in [0.3, 0.4) is 0 Å². The molecule has 0 spiro atoms. The van der Waals surface area contributed by atoms with Crippen LogP contribution in [-0.2, 0) is 4.79 Å². The first-order chi connectivity index (χ1) is 13.7. The first kappa shape index (κ1) is 16.3. The topological polar surface area (TPSA) is 57.8 Å². The summed E-state index contributed by atoms with van der Waals surface area (Å²) in [6.45, 7) is 0. The molecule has 4 aliphatic carbocycles. The predicted molar refractivity (Wildman–Crippen MR) is 111 cm³/mol. The minimum absolute atomic E-state index is 0.143. The lowest BCUT2D eigenvalue weighted by Gasteiger charge is -2.55. The molecular weight excluding hydrogens is 346 g/mol. The number of anilines is 1. The highest BCUT2D eigenvalue weighted by atomic mass is 16.2. The number of carbonyl (C=O) groups excluding carboxylic acids is 1. The normalized spacial score (nSPS) is 30.6. The van der Waals surface area contributed by atoms with Crippen molar-refractivity contribution >= 4 is 22.6 Å². The highest BCUT2D eigenvalue weighted by Crippen LogP contribution is 2.60. The lowest BCUT2D eigenvalue weighted by atomic mass is 9.49. The molecule has 4 aliphatic rings.